The Morgan fingerprint density at radius 1 is 1.00 bits per heavy atom. The first-order chi connectivity index (χ1) is 11.5. The Balaban J connectivity index is 1.82. The summed E-state index contributed by atoms with van der Waals surface area (Å²) in [5.41, 5.74) is 1.66. The van der Waals surface area contributed by atoms with E-state index in [4.69, 9.17) is 24.4 Å². The Morgan fingerprint density at radius 3 is 2.25 bits per heavy atom. The van der Waals surface area contributed by atoms with Gasteiger partial charge in [0.2, 0.25) is 11.8 Å². The van der Waals surface area contributed by atoms with Crippen molar-refractivity contribution in [2.45, 2.75) is 18.5 Å². The Bertz CT molecular complexity index is 755. The summed E-state index contributed by atoms with van der Waals surface area (Å²) >= 11 is 9.99. The van der Waals surface area contributed by atoms with Gasteiger partial charge in [-0.05, 0) is 35.6 Å². The van der Waals surface area contributed by atoms with Crippen LogP contribution < -0.4 is 21.3 Å². The molecule has 122 valence electrons. The molecule has 3 atom stereocenters. The van der Waals surface area contributed by atoms with E-state index < -0.39 is 17.9 Å². The molecule has 0 radical (unpaired) electrons. The number of hydrogen-bond acceptors (Lipinski definition) is 5. The molecule has 24 heavy (non-hydrogen) atoms. The largest absolute Gasteiger partial charge is 0.355 e. The standard InChI is InChI=1S/C15H13N5O2S2/c16-6-9-12(19-15(24)20-13(9)22)8-3-1-7(2-4-8)10-5-11(21)18-14(23)17-10/h1-4,9-10,12H,5H2,(H2,17,18,21,23)(H2,19,20,22,24)/t9-,10-,12-/m0/s1. The average molecular weight is 359 g/mol. The van der Waals surface area contributed by atoms with Crippen LogP contribution in [0.25, 0.3) is 0 Å². The third-order valence-electron chi connectivity index (χ3n) is 3.92. The number of nitrogens with one attached hydrogen (secondary N) is 4. The normalized spacial score (nSPS) is 26.5. The number of hydrogen-bond donors (Lipinski definition) is 4. The molecular formula is C15H13N5O2S2. The number of carbonyl (C=O) groups excluding carboxylic acids is 2. The van der Waals surface area contributed by atoms with Crippen molar-refractivity contribution in [3.05, 3.63) is 35.4 Å². The van der Waals surface area contributed by atoms with Crippen molar-refractivity contribution >= 4 is 46.5 Å². The maximum Gasteiger partial charge on any atom is 0.245 e. The number of amides is 2. The lowest BCUT2D eigenvalue weighted by molar-refractivity contribution is -0.123. The van der Waals surface area contributed by atoms with Crippen molar-refractivity contribution in [3.63, 3.8) is 0 Å². The monoisotopic (exact) mass is 359 g/mol. The Labute approximate surface area is 148 Å². The highest BCUT2D eigenvalue weighted by Crippen LogP contribution is 2.27. The molecule has 2 amide bonds. The molecule has 1 aromatic rings. The van der Waals surface area contributed by atoms with E-state index in [1.807, 2.05) is 30.3 Å². The Kier molecular flexibility index (Phi) is 4.42. The van der Waals surface area contributed by atoms with E-state index in [9.17, 15) is 14.9 Å². The van der Waals surface area contributed by atoms with Gasteiger partial charge in [-0.2, -0.15) is 5.26 Å². The van der Waals surface area contributed by atoms with Gasteiger partial charge in [0, 0.05) is 0 Å². The van der Waals surface area contributed by atoms with Crippen molar-refractivity contribution in [3.8, 4) is 6.07 Å². The van der Waals surface area contributed by atoms with Gasteiger partial charge in [0.15, 0.2) is 10.2 Å². The second-order valence-corrected chi connectivity index (χ2v) is 6.31. The van der Waals surface area contributed by atoms with Crippen molar-refractivity contribution in [2.24, 2.45) is 5.92 Å². The van der Waals surface area contributed by atoms with Crippen LogP contribution in [0, 0.1) is 17.2 Å². The molecule has 9 heteroatoms. The van der Waals surface area contributed by atoms with Crippen LogP contribution in [-0.2, 0) is 9.59 Å². The highest BCUT2D eigenvalue weighted by Gasteiger charge is 2.35. The third kappa shape index (κ3) is 3.20. The number of thiocarbonyl (C=S) groups is 2. The van der Waals surface area contributed by atoms with Crippen molar-refractivity contribution < 1.29 is 9.59 Å². The van der Waals surface area contributed by atoms with E-state index in [0.717, 1.165) is 11.1 Å². The molecule has 0 saturated carbocycles. The molecule has 0 aromatic heterocycles. The number of carbonyl (C=O) groups is 2. The summed E-state index contributed by atoms with van der Waals surface area (Å²) in [6.45, 7) is 0. The minimum atomic E-state index is -0.867. The molecule has 0 spiro atoms. The van der Waals surface area contributed by atoms with E-state index in [0.29, 0.717) is 5.11 Å². The van der Waals surface area contributed by atoms with E-state index >= 15 is 0 Å². The molecule has 2 saturated heterocycles. The molecule has 2 aliphatic rings. The van der Waals surface area contributed by atoms with Crippen molar-refractivity contribution in [2.75, 3.05) is 0 Å². The summed E-state index contributed by atoms with van der Waals surface area (Å²) < 4.78 is 0. The summed E-state index contributed by atoms with van der Waals surface area (Å²) in [6, 6.07) is 8.62. The van der Waals surface area contributed by atoms with Gasteiger partial charge in [0.05, 0.1) is 24.6 Å². The van der Waals surface area contributed by atoms with Crippen LogP contribution in [0.3, 0.4) is 0 Å². The van der Waals surface area contributed by atoms with Crippen LogP contribution in [-0.4, -0.2) is 22.0 Å². The number of rotatable bonds is 2. The highest BCUT2D eigenvalue weighted by atomic mass is 32.1. The smallest absolute Gasteiger partial charge is 0.245 e. The molecular weight excluding hydrogens is 346 g/mol. The van der Waals surface area contributed by atoms with Crippen LogP contribution in [0.2, 0.25) is 0 Å². The summed E-state index contributed by atoms with van der Waals surface area (Å²) in [5, 5.41) is 20.7. The summed E-state index contributed by atoms with van der Waals surface area (Å²) in [6.07, 6.45) is 0.286. The molecule has 0 aliphatic carbocycles. The van der Waals surface area contributed by atoms with Crippen LogP contribution in [0.15, 0.2) is 24.3 Å². The van der Waals surface area contributed by atoms with E-state index in [2.05, 4.69) is 21.3 Å². The van der Waals surface area contributed by atoms with Gasteiger partial charge in [0.25, 0.3) is 0 Å². The molecule has 0 unspecified atom stereocenters. The molecule has 2 aliphatic heterocycles. The van der Waals surface area contributed by atoms with Gasteiger partial charge in [0.1, 0.15) is 5.92 Å². The topological polar surface area (TPSA) is 106 Å². The number of nitriles is 1. The van der Waals surface area contributed by atoms with Crippen LogP contribution >= 0.6 is 24.4 Å². The zero-order valence-corrected chi connectivity index (χ0v) is 14.0. The van der Waals surface area contributed by atoms with Crippen LogP contribution in [0.4, 0.5) is 0 Å². The summed E-state index contributed by atoms with van der Waals surface area (Å²) in [4.78, 5) is 23.5. The van der Waals surface area contributed by atoms with Gasteiger partial charge in [-0.3, -0.25) is 9.59 Å². The predicted octanol–water partition coefficient (Wildman–Crippen LogP) is 0.307. The van der Waals surface area contributed by atoms with Gasteiger partial charge in [-0.1, -0.05) is 24.3 Å². The molecule has 2 heterocycles. The first-order valence-electron chi connectivity index (χ1n) is 7.19. The molecule has 0 bridgehead atoms. The van der Waals surface area contributed by atoms with E-state index in [1.165, 1.54) is 0 Å². The van der Waals surface area contributed by atoms with Crippen LogP contribution in [0.1, 0.15) is 29.6 Å². The lowest BCUT2D eigenvalue weighted by Gasteiger charge is -2.30. The highest BCUT2D eigenvalue weighted by molar-refractivity contribution is 7.80. The van der Waals surface area contributed by atoms with Crippen molar-refractivity contribution in [1.82, 2.24) is 21.3 Å². The van der Waals surface area contributed by atoms with Gasteiger partial charge in [-0.15, -0.1) is 0 Å². The first kappa shape index (κ1) is 16.3. The molecule has 7 nitrogen and oxygen atoms in total. The van der Waals surface area contributed by atoms with Crippen molar-refractivity contribution in [1.29, 1.82) is 5.26 Å². The summed E-state index contributed by atoms with van der Waals surface area (Å²) in [5.74, 6) is -1.41. The molecule has 3 rings (SSSR count). The number of benzene rings is 1. The Morgan fingerprint density at radius 2 is 1.62 bits per heavy atom. The first-order valence-corrected chi connectivity index (χ1v) is 8.01. The Hall–Kier alpha value is -2.57. The fourth-order valence-electron chi connectivity index (χ4n) is 2.76. The van der Waals surface area contributed by atoms with Gasteiger partial charge in [-0.25, -0.2) is 0 Å². The third-order valence-corrected chi connectivity index (χ3v) is 4.36. The second-order valence-electron chi connectivity index (χ2n) is 5.49. The molecule has 2 fully saturated rings. The lowest BCUT2D eigenvalue weighted by atomic mass is 9.90. The van der Waals surface area contributed by atoms with Crippen LogP contribution in [0.5, 0.6) is 0 Å². The van der Waals surface area contributed by atoms with E-state index in [1.54, 1.807) is 0 Å². The second kappa shape index (κ2) is 6.51. The SMILES string of the molecule is N#C[C@@H]1C(=O)NC(=S)N[C@H]1c1ccc([C@@H]2CC(=O)NC(=S)N2)cc1. The summed E-state index contributed by atoms with van der Waals surface area (Å²) in [7, 11) is 0. The van der Waals surface area contributed by atoms with Gasteiger partial charge >= 0.3 is 0 Å². The maximum atomic E-state index is 11.9. The molecule has 1 aromatic carbocycles. The minimum absolute atomic E-state index is 0.131. The maximum absolute atomic E-state index is 11.9. The van der Waals surface area contributed by atoms with Gasteiger partial charge < -0.3 is 21.3 Å². The molecule has 4 N–H and O–H groups in total. The fraction of sp³-hybridized carbons (Fsp3) is 0.267. The zero-order chi connectivity index (χ0) is 17.3. The lowest BCUT2D eigenvalue weighted by Crippen LogP contribution is -2.53. The van der Waals surface area contributed by atoms with E-state index in [-0.39, 0.29) is 23.5 Å². The average Bonchev–Trinajstić information content (AvgIpc) is 2.53. The minimum Gasteiger partial charge on any atom is -0.355 e. The predicted molar refractivity (Wildman–Crippen MR) is 93.4 cm³/mol. The fourth-order valence-corrected chi connectivity index (χ4v) is 3.24. The zero-order valence-electron chi connectivity index (χ0n) is 12.3. The number of nitrogens with zero attached hydrogens (tertiary/aromatic N) is 1. The quantitative estimate of drug-likeness (QED) is 0.563.